The van der Waals surface area contributed by atoms with Crippen LogP contribution >= 0.6 is 0 Å². The quantitative estimate of drug-likeness (QED) is 0.690. The number of nitrogens with one attached hydrogen (secondary N) is 1. The van der Waals surface area contributed by atoms with Crippen LogP contribution in [0.25, 0.3) is 5.69 Å². The standard InChI is InChI=1S/C21H25N7O/c1-17(23-19-7-9-20(10-8-19)28-16-22-24-25-28)21(29)27-13-11-26(12-14-27)15-18-5-3-2-4-6-18/h2-10,16-17,23H,11-15H2,1H3. The number of piperazine rings is 1. The van der Waals surface area contributed by atoms with Gasteiger partial charge in [-0.1, -0.05) is 30.3 Å². The molecule has 4 rings (SSSR count). The molecule has 0 bridgehead atoms. The second-order valence-corrected chi connectivity index (χ2v) is 7.25. The van der Waals surface area contributed by atoms with Crippen LogP contribution in [0.15, 0.2) is 60.9 Å². The first-order valence-electron chi connectivity index (χ1n) is 9.84. The van der Waals surface area contributed by atoms with Crippen LogP contribution < -0.4 is 5.32 Å². The van der Waals surface area contributed by atoms with E-state index in [9.17, 15) is 4.79 Å². The molecule has 1 aromatic heterocycles. The van der Waals surface area contributed by atoms with Crippen LogP contribution in [-0.4, -0.2) is 68.1 Å². The van der Waals surface area contributed by atoms with E-state index in [0.717, 1.165) is 44.1 Å². The van der Waals surface area contributed by atoms with Gasteiger partial charge in [0.25, 0.3) is 0 Å². The molecule has 0 saturated carbocycles. The summed E-state index contributed by atoms with van der Waals surface area (Å²) < 4.78 is 1.59. The number of tetrazole rings is 1. The zero-order valence-corrected chi connectivity index (χ0v) is 16.5. The number of benzene rings is 2. The van der Waals surface area contributed by atoms with Crippen LogP contribution in [0.1, 0.15) is 12.5 Å². The number of hydrogen-bond donors (Lipinski definition) is 1. The molecule has 29 heavy (non-hydrogen) atoms. The maximum absolute atomic E-state index is 12.8. The smallest absolute Gasteiger partial charge is 0.244 e. The lowest BCUT2D eigenvalue weighted by Crippen LogP contribution is -2.51. The Morgan fingerprint density at radius 1 is 1.03 bits per heavy atom. The zero-order valence-electron chi connectivity index (χ0n) is 16.5. The fraction of sp³-hybridized carbons (Fsp3) is 0.333. The minimum Gasteiger partial charge on any atom is -0.374 e. The Labute approximate surface area is 170 Å². The molecule has 1 atom stereocenters. The van der Waals surface area contributed by atoms with E-state index in [-0.39, 0.29) is 11.9 Å². The summed E-state index contributed by atoms with van der Waals surface area (Å²) in [7, 11) is 0. The summed E-state index contributed by atoms with van der Waals surface area (Å²) in [5, 5.41) is 14.4. The van der Waals surface area contributed by atoms with Crippen LogP contribution in [-0.2, 0) is 11.3 Å². The first-order chi connectivity index (χ1) is 14.2. The number of aromatic nitrogens is 4. The van der Waals surface area contributed by atoms with Crippen LogP contribution in [0.2, 0.25) is 0 Å². The molecule has 1 aliphatic rings. The van der Waals surface area contributed by atoms with Crippen molar-refractivity contribution in [1.29, 1.82) is 0 Å². The highest BCUT2D eigenvalue weighted by Gasteiger charge is 2.24. The molecular formula is C21H25N7O. The van der Waals surface area contributed by atoms with Crippen LogP contribution in [0, 0.1) is 0 Å². The third-order valence-electron chi connectivity index (χ3n) is 5.17. The van der Waals surface area contributed by atoms with Gasteiger partial charge in [-0.05, 0) is 47.2 Å². The topological polar surface area (TPSA) is 79.2 Å². The third-order valence-corrected chi connectivity index (χ3v) is 5.17. The highest BCUT2D eigenvalue weighted by Crippen LogP contribution is 2.15. The number of nitrogens with zero attached hydrogens (tertiary/aromatic N) is 6. The summed E-state index contributed by atoms with van der Waals surface area (Å²) >= 11 is 0. The van der Waals surface area contributed by atoms with Crippen molar-refractivity contribution in [1.82, 2.24) is 30.0 Å². The SMILES string of the molecule is CC(Nc1ccc(-n2cnnn2)cc1)C(=O)N1CCN(Cc2ccccc2)CC1. The van der Waals surface area contributed by atoms with Gasteiger partial charge in [0.2, 0.25) is 5.91 Å². The Hall–Kier alpha value is -3.26. The van der Waals surface area contributed by atoms with E-state index in [1.54, 1.807) is 11.0 Å². The number of carbonyl (C=O) groups is 1. The van der Waals surface area contributed by atoms with Gasteiger partial charge in [-0.25, -0.2) is 4.68 Å². The van der Waals surface area contributed by atoms with Crippen molar-refractivity contribution in [2.75, 3.05) is 31.5 Å². The lowest BCUT2D eigenvalue weighted by Gasteiger charge is -2.36. The number of rotatable bonds is 6. The Morgan fingerprint density at radius 3 is 2.41 bits per heavy atom. The number of carbonyl (C=O) groups excluding carboxylic acids is 1. The molecule has 3 aromatic rings. The minimum atomic E-state index is -0.283. The number of anilines is 1. The summed E-state index contributed by atoms with van der Waals surface area (Å²) in [4.78, 5) is 17.2. The predicted molar refractivity (Wildman–Crippen MR) is 111 cm³/mol. The van der Waals surface area contributed by atoms with E-state index >= 15 is 0 Å². The van der Waals surface area contributed by atoms with E-state index < -0.39 is 0 Å². The molecule has 1 saturated heterocycles. The van der Waals surface area contributed by atoms with Crippen LogP contribution in [0.5, 0.6) is 0 Å². The van der Waals surface area contributed by atoms with Crippen molar-refractivity contribution in [3.63, 3.8) is 0 Å². The van der Waals surface area contributed by atoms with E-state index in [1.807, 2.05) is 42.2 Å². The fourth-order valence-electron chi connectivity index (χ4n) is 3.54. The molecular weight excluding hydrogens is 366 g/mol. The van der Waals surface area contributed by atoms with Crippen LogP contribution in [0.4, 0.5) is 5.69 Å². The molecule has 1 amide bonds. The molecule has 2 aromatic carbocycles. The van der Waals surface area contributed by atoms with Gasteiger partial charge >= 0.3 is 0 Å². The minimum absolute atomic E-state index is 0.133. The monoisotopic (exact) mass is 391 g/mol. The van der Waals surface area contributed by atoms with Gasteiger partial charge in [0, 0.05) is 38.4 Å². The Balaban J connectivity index is 1.27. The van der Waals surface area contributed by atoms with Gasteiger partial charge in [0.1, 0.15) is 12.4 Å². The van der Waals surface area contributed by atoms with Gasteiger partial charge in [0.15, 0.2) is 0 Å². The van der Waals surface area contributed by atoms with Crippen molar-refractivity contribution < 1.29 is 4.79 Å². The first-order valence-corrected chi connectivity index (χ1v) is 9.84. The molecule has 1 N–H and O–H groups in total. The molecule has 1 fully saturated rings. The molecule has 0 spiro atoms. The number of hydrogen-bond acceptors (Lipinski definition) is 6. The van der Waals surface area contributed by atoms with E-state index in [0.29, 0.717) is 0 Å². The summed E-state index contributed by atoms with van der Waals surface area (Å²) in [6, 6.07) is 17.9. The highest BCUT2D eigenvalue weighted by atomic mass is 16.2. The Kier molecular flexibility index (Phi) is 5.81. The molecule has 2 heterocycles. The normalized spacial score (nSPS) is 15.8. The lowest BCUT2D eigenvalue weighted by molar-refractivity contribution is -0.133. The predicted octanol–water partition coefficient (Wildman–Crippen LogP) is 1.81. The van der Waals surface area contributed by atoms with Crippen molar-refractivity contribution in [3.05, 3.63) is 66.5 Å². The van der Waals surface area contributed by atoms with Crippen LogP contribution in [0.3, 0.4) is 0 Å². The van der Waals surface area contributed by atoms with Crippen molar-refractivity contribution in [2.45, 2.75) is 19.5 Å². The fourth-order valence-corrected chi connectivity index (χ4v) is 3.54. The maximum atomic E-state index is 12.8. The average molecular weight is 391 g/mol. The van der Waals surface area contributed by atoms with Gasteiger partial charge < -0.3 is 10.2 Å². The second kappa shape index (κ2) is 8.83. The van der Waals surface area contributed by atoms with Gasteiger partial charge in [-0.2, -0.15) is 0 Å². The summed E-state index contributed by atoms with van der Waals surface area (Å²) in [6.07, 6.45) is 1.55. The molecule has 1 aliphatic heterocycles. The van der Waals surface area contributed by atoms with E-state index in [2.05, 4.69) is 50.0 Å². The molecule has 0 aliphatic carbocycles. The number of amides is 1. The molecule has 8 nitrogen and oxygen atoms in total. The molecule has 1 unspecified atom stereocenters. The van der Waals surface area contributed by atoms with Gasteiger partial charge in [-0.3, -0.25) is 9.69 Å². The summed E-state index contributed by atoms with van der Waals surface area (Å²) in [5.74, 6) is 0.133. The molecule has 8 heteroatoms. The van der Waals surface area contributed by atoms with Crippen molar-refractivity contribution >= 4 is 11.6 Å². The average Bonchev–Trinajstić information content (AvgIpc) is 3.30. The van der Waals surface area contributed by atoms with Crippen molar-refractivity contribution in [2.24, 2.45) is 0 Å². The largest absolute Gasteiger partial charge is 0.374 e. The molecule has 150 valence electrons. The van der Waals surface area contributed by atoms with E-state index in [4.69, 9.17) is 0 Å². The first kappa shape index (κ1) is 19.1. The lowest BCUT2D eigenvalue weighted by atomic mass is 10.2. The van der Waals surface area contributed by atoms with Gasteiger partial charge in [-0.15, -0.1) is 5.10 Å². The summed E-state index contributed by atoms with van der Waals surface area (Å²) in [6.45, 7) is 6.16. The second-order valence-electron chi connectivity index (χ2n) is 7.25. The third kappa shape index (κ3) is 4.78. The van der Waals surface area contributed by atoms with Gasteiger partial charge in [0.05, 0.1) is 5.69 Å². The zero-order chi connectivity index (χ0) is 20.1. The molecule has 0 radical (unpaired) electrons. The highest BCUT2D eigenvalue weighted by molar-refractivity contribution is 5.84. The maximum Gasteiger partial charge on any atom is 0.244 e. The van der Waals surface area contributed by atoms with Crippen molar-refractivity contribution in [3.8, 4) is 5.69 Å². The Morgan fingerprint density at radius 2 is 1.76 bits per heavy atom. The van der Waals surface area contributed by atoms with E-state index in [1.165, 1.54) is 5.56 Å². The summed E-state index contributed by atoms with van der Waals surface area (Å²) in [5.41, 5.74) is 3.08. The Bertz CT molecular complexity index is 904.